The summed E-state index contributed by atoms with van der Waals surface area (Å²) in [6.07, 6.45) is 0. The van der Waals surface area contributed by atoms with Crippen molar-refractivity contribution in [1.29, 1.82) is 0 Å². The monoisotopic (exact) mass is 268 g/mol. The van der Waals surface area contributed by atoms with Gasteiger partial charge in [-0.15, -0.1) is 0 Å². The lowest BCUT2D eigenvalue weighted by Gasteiger charge is -2.27. The fourth-order valence-electron chi connectivity index (χ4n) is 2.82. The molecule has 0 spiro atoms. The van der Waals surface area contributed by atoms with Gasteiger partial charge < -0.3 is 15.4 Å². The number of hydrogen-bond donors (Lipinski definition) is 1. The number of likely N-dealkylation sites (N-methyl/N-ethyl adjacent to an activating group) is 1. The summed E-state index contributed by atoms with van der Waals surface area (Å²) < 4.78 is 5.76. The summed E-state index contributed by atoms with van der Waals surface area (Å²) >= 11 is 0. The average molecular weight is 268 g/mol. The molecule has 3 nitrogen and oxygen atoms in total. The first-order valence-electron chi connectivity index (χ1n) is 7.10. The molecule has 1 aliphatic heterocycles. The third-order valence-electron chi connectivity index (χ3n) is 3.90. The standard InChI is InChI=1S/C17H20N2O/c1-2-19(16-9-5-4-8-15(16)18)11-13-12-20-17-10-6-3-7-14(13)17/h3-10,13H,2,11-12,18H2,1H3. The van der Waals surface area contributed by atoms with Crippen molar-refractivity contribution in [2.24, 2.45) is 0 Å². The van der Waals surface area contributed by atoms with Crippen LogP contribution in [0.2, 0.25) is 0 Å². The molecular weight excluding hydrogens is 248 g/mol. The molecule has 0 fully saturated rings. The van der Waals surface area contributed by atoms with Gasteiger partial charge in [-0.3, -0.25) is 0 Å². The van der Waals surface area contributed by atoms with E-state index in [4.69, 9.17) is 10.5 Å². The minimum atomic E-state index is 0.408. The van der Waals surface area contributed by atoms with E-state index < -0.39 is 0 Å². The molecule has 2 aromatic carbocycles. The minimum Gasteiger partial charge on any atom is -0.493 e. The minimum absolute atomic E-state index is 0.408. The van der Waals surface area contributed by atoms with Crippen molar-refractivity contribution in [2.75, 3.05) is 30.3 Å². The summed E-state index contributed by atoms with van der Waals surface area (Å²) in [7, 11) is 0. The molecule has 2 N–H and O–H groups in total. The summed E-state index contributed by atoms with van der Waals surface area (Å²) in [6, 6.07) is 16.4. The third kappa shape index (κ3) is 2.31. The lowest BCUT2D eigenvalue weighted by Crippen LogP contribution is -2.29. The highest BCUT2D eigenvalue weighted by molar-refractivity contribution is 5.67. The predicted octanol–water partition coefficient (Wildman–Crippen LogP) is 3.27. The molecule has 3 rings (SSSR count). The molecule has 104 valence electrons. The molecule has 2 aromatic rings. The van der Waals surface area contributed by atoms with Gasteiger partial charge in [-0.1, -0.05) is 30.3 Å². The number of ether oxygens (including phenoxy) is 1. The summed E-state index contributed by atoms with van der Waals surface area (Å²) in [5.41, 5.74) is 9.34. The van der Waals surface area contributed by atoms with Crippen molar-refractivity contribution >= 4 is 11.4 Å². The first-order valence-corrected chi connectivity index (χ1v) is 7.10. The van der Waals surface area contributed by atoms with Crippen LogP contribution in [0.15, 0.2) is 48.5 Å². The van der Waals surface area contributed by atoms with Crippen LogP contribution in [0.4, 0.5) is 11.4 Å². The molecule has 0 saturated carbocycles. The van der Waals surface area contributed by atoms with Gasteiger partial charge >= 0.3 is 0 Å². The van der Waals surface area contributed by atoms with Gasteiger partial charge in [0.2, 0.25) is 0 Å². The van der Waals surface area contributed by atoms with Crippen LogP contribution in [0.5, 0.6) is 5.75 Å². The number of benzene rings is 2. The number of hydrogen-bond acceptors (Lipinski definition) is 3. The molecule has 3 heteroatoms. The largest absolute Gasteiger partial charge is 0.493 e. The van der Waals surface area contributed by atoms with Gasteiger partial charge in [-0.2, -0.15) is 0 Å². The molecule has 0 bridgehead atoms. The zero-order chi connectivity index (χ0) is 13.9. The molecule has 0 radical (unpaired) electrons. The van der Waals surface area contributed by atoms with Crippen molar-refractivity contribution in [3.8, 4) is 5.75 Å². The highest BCUT2D eigenvalue weighted by Gasteiger charge is 2.25. The van der Waals surface area contributed by atoms with Crippen molar-refractivity contribution in [3.63, 3.8) is 0 Å². The summed E-state index contributed by atoms with van der Waals surface area (Å²) in [4.78, 5) is 2.32. The first kappa shape index (κ1) is 12.9. The Balaban J connectivity index is 1.82. The first-order chi connectivity index (χ1) is 9.79. The lowest BCUT2D eigenvalue weighted by molar-refractivity contribution is 0.331. The molecular formula is C17H20N2O. The zero-order valence-corrected chi connectivity index (χ0v) is 11.8. The lowest BCUT2D eigenvalue weighted by atomic mass is 10.0. The van der Waals surface area contributed by atoms with Crippen molar-refractivity contribution < 1.29 is 4.74 Å². The van der Waals surface area contributed by atoms with Crippen molar-refractivity contribution in [3.05, 3.63) is 54.1 Å². The molecule has 0 amide bonds. The number of rotatable bonds is 4. The van der Waals surface area contributed by atoms with Gasteiger partial charge in [0.15, 0.2) is 0 Å². The third-order valence-corrected chi connectivity index (χ3v) is 3.90. The Morgan fingerprint density at radius 2 is 1.90 bits per heavy atom. The fourth-order valence-corrected chi connectivity index (χ4v) is 2.82. The van der Waals surface area contributed by atoms with Crippen molar-refractivity contribution in [2.45, 2.75) is 12.8 Å². The van der Waals surface area contributed by atoms with E-state index in [2.05, 4.69) is 30.0 Å². The Morgan fingerprint density at radius 3 is 2.70 bits per heavy atom. The van der Waals surface area contributed by atoms with Crippen LogP contribution in [0, 0.1) is 0 Å². The van der Waals surface area contributed by atoms with Crippen LogP contribution < -0.4 is 15.4 Å². The Morgan fingerprint density at radius 1 is 1.15 bits per heavy atom. The molecule has 0 aliphatic carbocycles. The second-order valence-electron chi connectivity index (χ2n) is 5.14. The van der Waals surface area contributed by atoms with Crippen LogP contribution in [0.3, 0.4) is 0 Å². The SMILES string of the molecule is CCN(CC1COc2ccccc21)c1ccccc1N. The van der Waals surface area contributed by atoms with Crippen LogP contribution in [0.1, 0.15) is 18.4 Å². The van der Waals surface area contributed by atoms with Gasteiger partial charge in [0.25, 0.3) is 0 Å². The summed E-state index contributed by atoms with van der Waals surface area (Å²) in [5.74, 6) is 1.43. The Kier molecular flexibility index (Phi) is 3.50. The number of nitrogen functional groups attached to an aromatic ring is 1. The van der Waals surface area contributed by atoms with E-state index in [-0.39, 0.29) is 0 Å². The predicted molar refractivity (Wildman–Crippen MR) is 83.4 cm³/mol. The van der Waals surface area contributed by atoms with E-state index in [9.17, 15) is 0 Å². The van der Waals surface area contributed by atoms with Gasteiger partial charge in [0, 0.05) is 24.6 Å². The van der Waals surface area contributed by atoms with Crippen LogP contribution in [-0.2, 0) is 0 Å². The van der Waals surface area contributed by atoms with Gasteiger partial charge in [-0.05, 0) is 25.1 Å². The van der Waals surface area contributed by atoms with E-state index in [0.717, 1.165) is 36.8 Å². The number of para-hydroxylation sites is 3. The smallest absolute Gasteiger partial charge is 0.122 e. The molecule has 0 saturated heterocycles. The van der Waals surface area contributed by atoms with Crippen LogP contribution in [-0.4, -0.2) is 19.7 Å². The quantitative estimate of drug-likeness (QED) is 0.865. The molecule has 1 heterocycles. The molecule has 20 heavy (non-hydrogen) atoms. The van der Waals surface area contributed by atoms with Crippen LogP contribution >= 0.6 is 0 Å². The van der Waals surface area contributed by atoms with E-state index in [1.807, 2.05) is 30.3 Å². The van der Waals surface area contributed by atoms with E-state index >= 15 is 0 Å². The maximum atomic E-state index is 6.09. The highest BCUT2D eigenvalue weighted by Crippen LogP contribution is 2.35. The second-order valence-corrected chi connectivity index (χ2v) is 5.14. The van der Waals surface area contributed by atoms with E-state index in [1.165, 1.54) is 5.56 Å². The van der Waals surface area contributed by atoms with E-state index in [0.29, 0.717) is 5.92 Å². The van der Waals surface area contributed by atoms with E-state index in [1.54, 1.807) is 0 Å². The maximum absolute atomic E-state index is 6.09. The summed E-state index contributed by atoms with van der Waals surface area (Å²) in [5, 5.41) is 0. The molecule has 1 unspecified atom stereocenters. The van der Waals surface area contributed by atoms with Gasteiger partial charge in [0.05, 0.1) is 18.0 Å². The zero-order valence-electron chi connectivity index (χ0n) is 11.8. The van der Waals surface area contributed by atoms with Gasteiger partial charge in [-0.25, -0.2) is 0 Å². The number of fused-ring (bicyclic) bond motifs is 1. The fraction of sp³-hybridized carbons (Fsp3) is 0.294. The van der Waals surface area contributed by atoms with Crippen molar-refractivity contribution in [1.82, 2.24) is 0 Å². The number of anilines is 2. The normalized spacial score (nSPS) is 16.6. The Labute approximate surface area is 120 Å². The van der Waals surface area contributed by atoms with Gasteiger partial charge in [0.1, 0.15) is 5.75 Å². The number of nitrogens with two attached hydrogens (primary N) is 1. The molecule has 0 aromatic heterocycles. The molecule has 1 aliphatic rings. The Bertz CT molecular complexity index is 597. The maximum Gasteiger partial charge on any atom is 0.122 e. The Hall–Kier alpha value is -2.16. The molecule has 1 atom stereocenters. The second kappa shape index (κ2) is 5.45. The van der Waals surface area contributed by atoms with Crippen LogP contribution in [0.25, 0.3) is 0 Å². The average Bonchev–Trinajstić information content (AvgIpc) is 2.89. The topological polar surface area (TPSA) is 38.5 Å². The summed E-state index contributed by atoms with van der Waals surface area (Å²) in [6.45, 7) is 4.78. The highest BCUT2D eigenvalue weighted by atomic mass is 16.5. The number of nitrogens with zero attached hydrogens (tertiary/aromatic N) is 1.